The van der Waals surface area contributed by atoms with Crippen molar-refractivity contribution in [3.63, 3.8) is 0 Å². The van der Waals surface area contributed by atoms with Gasteiger partial charge >= 0.3 is 0 Å². The lowest BCUT2D eigenvalue weighted by Gasteiger charge is -2.09. The van der Waals surface area contributed by atoms with Crippen LogP contribution >= 0.6 is 0 Å². The van der Waals surface area contributed by atoms with Crippen molar-refractivity contribution in [2.24, 2.45) is 0 Å². The predicted molar refractivity (Wildman–Crippen MR) is 134 cm³/mol. The summed E-state index contributed by atoms with van der Waals surface area (Å²) in [6, 6.07) is 15.4. The topological polar surface area (TPSA) is 35.5 Å². The second-order valence-electron chi connectivity index (χ2n) is 8.75. The molecule has 0 heterocycles. The van der Waals surface area contributed by atoms with Crippen molar-refractivity contribution in [3.05, 3.63) is 59.7 Å². The van der Waals surface area contributed by atoms with Crippen LogP contribution < -0.4 is 9.47 Å². The van der Waals surface area contributed by atoms with E-state index in [9.17, 15) is 4.79 Å². The minimum Gasteiger partial charge on any atom is -0.494 e. The molecule has 0 unspecified atom stereocenters. The van der Waals surface area contributed by atoms with Gasteiger partial charge in [0, 0.05) is 5.56 Å². The maximum absolute atomic E-state index is 11.3. The summed E-state index contributed by atoms with van der Waals surface area (Å²) in [4.78, 5) is 11.3. The van der Waals surface area contributed by atoms with Gasteiger partial charge in [-0.3, -0.25) is 4.79 Å². The van der Waals surface area contributed by atoms with Crippen LogP contribution in [-0.2, 0) is 6.61 Å². The standard InChI is InChI=1S/C29H42O3/c1-3-4-5-6-7-8-9-10-11-12-13-14-23-31-28-19-15-26(16-20-28)24-32-29-21-17-27(18-22-29)25(2)30/h15-22H,3-14,23-24H2,1-2H3. The van der Waals surface area contributed by atoms with E-state index in [1.165, 1.54) is 70.6 Å². The van der Waals surface area contributed by atoms with E-state index in [-0.39, 0.29) is 5.78 Å². The van der Waals surface area contributed by atoms with E-state index in [0.29, 0.717) is 12.2 Å². The first-order valence-corrected chi connectivity index (χ1v) is 12.6. The summed E-state index contributed by atoms with van der Waals surface area (Å²) in [5.41, 5.74) is 1.80. The van der Waals surface area contributed by atoms with Crippen molar-refractivity contribution in [3.8, 4) is 11.5 Å². The lowest BCUT2D eigenvalue weighted by Crippen LogP contribution is -1.99. The number of ether oxygens (including phenoxy) is 2. The van der Waals surface area contributed by atoms with Gasteiger partial charge in [0.2, 0.25) is 0 Å². The molecule has 0 aliphatic rings. The quantitative estimate of drug-likeness (QED) is 0.173. The van der Waals surface area contributed by atoms with Gasteiger partial charge in [0.1, 0.15) is 18.1 Å². The second-order valence-corrected chi connectivity index (χ2v) is 8.75. The van der Waals surface area contributed by atoms with Gasteiger partial charge in [-0.2, -0.15) is 0 Å². The lowest BCUT2D eigenvalue weighted by molar-refractivity contribution is 0.101. The molecule has 0 N–H and O–H groups in total. The van der Waals surface area contributed by atoms with Gasteiger partial charge in [0.25, 0.3) is 0 Å². The first-order chi connectivity index (χ1) is 15.7. The van der Waals surface area contributed by atoms with E-state index in [1.807, 2.05) is 36.4 Å². The van der Waals surface area contributed by atoms with Gasteiger partial charge in [0.15, 0.2) is 5.78 Å². The van der Waals surface area contributed by atoms with Gasteiger partial charge in [-0.25, -0.2) is 0 Å². The smallest absolute Gasteiger partial charge is 0.159 e. The molecule has 0 bridgehead atoms. The Morgan fingerprint density at radius 3 is 1.62 bits per heavy atom. The molecule has 2 aromatic carbocycles. The molecule has 176 valence electrons. The Hall–Kier alpha value is -2.29. The second kappa shape index (κ2) is 16.4. The Balaban J connectivity index is 1.48. The third-order valence-electron chi connectivity index (χ3n) is 5.86. The van der Waals surface area contributed by atoms with Crippen LogP contribution in [-0.4, -0.2) is 12.4 Å². The maximum atomic E-state index is 11.3. The maximum Gasteiger partial charge on any atom is 0.159 e. The highest BCUT2D eigenvalue weighted by atomic mass is 16.5. The Labute approximate surface area is 195 Å². The highest BCUT2D eigenvalue weighted by Gasteiger charge is 2.01. The van der Waals surface area contributed by atoms with E-state index in [0.717, 1.165) is 30.1 Å². The number of carbonyl (C=O) groups is 1. The van der Waals surface area contributed by atoms with Crippen molar-refractivity contribution in [1.82, 2.24) is 0 Å². The molecule has 0 atom stereocenters. The molecule has 0 aliphatic carbocycles. The van der Waals surface area contributed by atoms with E-state index >= 15 is 0 Å². The molecule has 2 aromatic rings. The highest BCUT2D eigenvalue weighted by molar-refractivity contribution is 5.94. The molecule has 0 aliphatic heterocycles. The first kappa shape index (κ1) is 26.0. The number of Topliss-reactive ketones (excluding diaryl/α,β-unsaturated/α-hetero) is 1. The number of ketones is 1. The molecule has 0 saturated heterocycles. The average molecular weight is 439 g/mol. The van der Waals surface area contributed by atoms with Crippen molar-refractivity contribution in [2.45, 2.75) is 97.5 Å². The summed E-state index contributed by atoms with van der Waals surface area (Å²) in [7, 11) is 0. The molecule has 0 amide bonds. The number of rotatable bonds is 18. The van der Waals surface area contributed by atoms with E-state index in [4.69, 9.17) is 9.47 Å². The molecule has 2 rings (SSSR count). The zero-order valence-corrected chi connectivity index (χ0v) is 20.2. The van der Waals surface area contributed by atoms with Gasteiger partial charge in [-0.15, -0.1) is 0 Å². The molecule has 0 aromatic heterocycles. The Morgan fingerprint density at radius 1 is 0.625 bits per heavy atom. The lowest BCUT2D eigenvalue weighted by atomic mass is 10.1. The van der Waals surface area contributed by atoms with Gasteiger partial charge in [-0.05, 0) is 55.3 Å². The number of hydrogen-bond acceptors (Lipinski definition) is 3. The summed E-state index contributed by atoms with van der Waals surface area (Å²) >= 11 is 0. The summed E-state index contributed by atoms with van der Waals surface area (Å²) in [6.07, 6.45) is 16.3. The normalized spacial score (nSPS) is 10.8. The molecular weight excluding hydrogens is 396 g/mol. The Kier molecular flexibility index (Phi) is 13.3. The van der Waals surface area contributed by atoms with Crippen LogP contribution in [0.2, 0.25) is 0 Å². The zero-order chi connectivity index (χ0) is 22.9. The molecule has 0 spiro atoms. The van der Waals surface area contributed by atoms with Crippen LogP contribution in [0, 0.1) is 0 Å². The van der Waals surface area contributed by atoms with Gasteiger partial charge in [-0.1, -0.05) is 89.7 Å². The van der Waals surface area contributed by atoms with E-state index in [1.54, 1.807) is 19.1 Å². The number of benzene rings is 2. The van der Waals surface area contributed by atoms with Crippen LogP contribution in [0.4, 0.5) is 0 Å². The third-order valence-corrected chi connectivity index (χ3v) is 5.86. The highest BCUT2D eigenvalue weighted by Crippen LogP contribution is 2.17. The fourth-order valence-corrected chi connectivity index (χ4v) is 3.77. The predicted octanol–water partition coefficient (Wildman–Crippen LogP) is 8.55. The molecule has 0 radical (unpaired) electrons. The van der Waals surface area contributed by atoms with Crippen LogP contribution in [0.5, 0.6) is 11.5 Å². The van der Waals surface area contributed by atoms with E-state index in [2.05, 4.69) is 6.92 Å². The molecule has 3 heteroatoms. The molecule has 0 fully saturated rings. The fraction of sp³-hybridized carbons (Fsp3) is 0.552. The largest absolute Gasteiger partial charge is 0.494 e. The summed E-state index contributed by atoms with van der Waals surface area (Å²) in [6.45, 7) is 5.13. The summed E-state index contributed by atoms with van der Waals surface area (Å²) in [5, 5.41) is 0. The van der Waals surface area contributed by atoms with Crippen LogP contribution in [0.3, 0.4) is 0 Å². The summed E-state index contributed by atoms with van der Waals surface area (Å²) < 4.78 is 11.7. The third kappa shape index (κ3) is 11.4. The van der Waals surface area contributed by atoms with Gasteiger partial charge in [0.05, 0.1) is 6.61 Å². The minimum absolute atomic E-state index is 0.0654. The zero-order valence-electron chi connectivity index (χ0n) is 20.2. The fourth-order valence-electron chi connectivity index (χ4n) is 3.77. The molecular formula is C29H42O3. The summed E-state index contributed by atoms with van der Waals surface area (Å²) in [5.74, 6) is 1.75. The van der Waals surface area contributed by atoms with Crippen molar-refractivity contribution >= 4 is 5.78 Å². The average Bonchev–Trinajstić information content (AvgIpc) is 2.81. The first-order valence-electron chi connectivity index (χ1n) is 12.6. The number of unbranched alkanes of at least 4 members (excludes halogenated alkanes) is 11. The Bertz CT molecular complexity index is 734. The van der Waals surface area contributed by atoms with Crippen LogP contribution in [0.15, 0.2) is 48.5 Å². The van der Waals surface area contributed by atoms with Crippen molar-refractivity contribution < 1.29 is 14.3 Å². The minimum atomic E-state index is 0.0654. The Morgan fingerprint density at radius 2 is 1.09 bits per heavy atom. The molecule has 3 nitrogen and oxygen atoms in total. The number of carbonyl (C=O) groups excluding carboxylic acids is 1. The van der Waals surface area contributed by atoms with Crippen LogP contribution in [0.25, 0.3) is 0 Å². The monoisotopic (exact) mass is 438 g/mol. The van der Waals surface area contributed by atoms with Crippen molar-refractivity contribution in [1.29, 1.82) is 0 Å². The number of hydrogen-bond donors (Lipinski definition) is 0. The molecule has 32 heavy (non-hydrogen) atoms. The molecule has 0 saturated carbocycles. The SMILES string of the molecule is CCCCCCCCCCCCCCOc1ccc(COc2ccc(C(C)=O)cc2)cc1. The van der Waals surface area contributed by atoms with Gasteiger partial charge < -0.3 is 9.47 Å². The van der Waals surface area contributed by atoms with Crippen molar-refractivity contribution in [2.75, 3.05) is 6.61 Å². The van der Waals surface area contributed by atoms with E-state index < -0.39 is 0 Å². The van der Waals surface area contributed by atoms with Crippen LogP contribution in [0.1, 0.15) is 107 Å².